The molecular weight excluding hydrogens is 432 g/mol. The third-order valence-corrected chi connectivity index (χ3v) is 7.33. The summed E-state index contributed by atoms with van der Waals surface area (Å²) in [6, 6.07) is 42.3. The molecule has 0 atom stereocenters. The third-order valence-electron chi connectivity index (χ3n) is 7.33. The number of aryl methyl sites for hydroxylation is 1. The van der Waals surface area contributed by atoms with E-state index >= 15 is 0 Å². The molecule has 0 saturated heterocycles. The maximum absolute atomic E-state index is 2.40. The SMILES string of the molecule is CC.Cc1cccc(-c2cccc(-c3cccc(-c4ccc5c(c4)C(C)(C)c4ccccc4-5)c3)c2)c1. The largest absolute Gasteiger partial charge is 0.0683 e. The van der Waals surface area contributed by atoms with Crippen LogP contribution in [0.2, 0.25) is 0 Å². The van der Waals surface area contributed by atoms with Gasteiger partial charge in [0, 0.05) is 5.41 Å². The van der Waals surface area contributed by atoms with E-state index in [0.717, 1.165) is 0 Å². The van der Waals surface area contributed by atoms with E-state index in [0.29, 0.717) is 0 Å². The van der Waals surface area contributed by atoms with Crippen LogP contribution in [0, 0.1) is 6.92 Å². The molecule has 0 fully saturated rings. The fourth-order valence-electron chi connectivity index (χ4n) is 5.47. The van der Waals surface area contributed by atoms with Crippen molar-refractivity contribution in [3.8, 4) is 44.5 Å². The van der Waals surface area contributed by atoms with Gasteiger partial charge in [-0.15, -0.1) is 0 Å². The van der Waals surface area contributed by atoms with Crippen LogP contribution in [-0.2, 0) is 5.41 Å². The van der Waals surface area contributed by atoms with Gasteiger partial charge >= 0.3 is 0 Å². The predicted octanol–water partition coefficient (Wildman–Crippen LogP) is 10.3. The van der Waals surface area contributed by atoms with E-state index in [9.17, 15) is 0 Å². The number of rotatable bonds is 3. The Hall–Kier alpha value is -3.90. The Kier molecular flexibility index (Phi) is 6.37. The maximum Gasteiger partial charge on any atom is 0.0159 e. The third kappa shape index (κ3) is 4.18. The molecule has 178 valence electrons. The van der Waals surface area contributed by atoms with Gasteiger partial charge in [-0.05, 0) is 80.8 Å². The summed E-state index contributed by atoms with van der Waals surface area (Å²) in [6.07, 6.45) is 0. The topological polar surface area (TPSA) is 0 Å². The van der Waals surface area contributed by atoms with E-state index in [1.54, 1.807) is 0 Å². The van der Waals surface area contributed by atoms with Crippen molar-refractivity contribution >= 4 is 0 Å². The molecule has 0 bridgehead atoms. The van der Waals surface area contributed by atoms with Crippen LogP contribution >= 0.6 is 0 Å². The average molecular weight is 467 g/mol. The second-order valence-electron chi connectivity index (χ2n) is 9.96. The van der Waals surface area contributed by atoms with E-state index in [-0.39, 0.29) is 5.41 Å². The molecule has 1 aliphatic carbocycles. The zero-order chi connectivity index (χ0) is 25.3. The Morgan fingerprint density at radius 2 is 0.889 bits per heavy atom. The lowest BCUT2D eigenvalue weighted by atomic mass is 9.81. The van der Waals surface area contributed by atoms with Crippen molar-refractivity contribution in [2.75, 3.05) is 0 Å². The number of hydrogen-bond donors (Lipinski definition) is 0. The minimum atomic E-state index is 0.0156. The monoisotopic (exact) mass is 466 g/mol. The van der Waals surface area contributed by atoms with Gasteiger partial charge in [0.15, 0.2) is 0 Å². The second-order valence-corrected chi connectivity index (χ2v) is 9.96. The molecule has 0 spiro atoms. The van der Waals surface area contributed by atoms with Crippen molar-refractivity contribution in [2.24, 2.45) is 0 Å². The molecule has 0 aromatic heterocycles. The van der Waals surface area contributed by atoms with Crippen LogP contribution in [0.1, 0.15) is 44.4 Å². The van der Waals surface area contributed by atoms with E-state index in [4.69, 9.17) is 0 Å². The molecule has 1 aliphatic rings. The van der Waals surface area contributed by atoms with Crippen LogP contribution in [0.5, 0.6) is 0 Å². The van der Waals surface area contributed by atoms with Gasteiger partial charge in [-0.1, -0.05) is 130 Å². The van der Waals surface area contributed by atoms with Gasteiger partial charge in [0.25, 0.3) is 0 Å². The molecule has 0 radical (unpaired) electrons. The Morgan fingerprint density at radius 1 is 0.417 bits per heavy atom. The lowest BCUT2D eigenvalue weighted by molar-refractivity contribution is 0.660. The Labute approximate surface area is 216 Å². The summed E-state index contributed by atoms with van der Waals surface area (Å²) < 4.78 is 0. The first-order valence-corrected chi connectivity index (χ1v) is 13.0. The molecule has 0 nitrogen and oxygen atoms in total. The van der Waals surface area contributed by atoms with E-state index in [1.807, 2.05) is 13.8 Å². The summed E-state index contributed by atoms with van der Waals surface area (Å²) in [6.45, 7) is 10.8. The normalized spacial score (nSPS) is 12.8. The van der Waals surface area contributed by atoms with Crippen LogP contribution in [0.25, 0.3) is 44.5 Å². The summed E-state index contributed by atoms with van der Waals surface area (Å²) in [7, 11) is 0. The molecule has 0 aliphatic heterocycles. The van der Waals surface area contributed by atoms with E-state index in [2.05, 4.69) is 136 Å². The van der Waals surface area contributed by atoms with Crippen molar-refractivity contribution in [2.45, 2.75) is 40.0 Å². The smallest absolute Gasteiger partial charge is 0.0159 e. The molecule has 36 heavy (non-hydrogen) atoms. The van der Waals surface area contributed by atoms with Gasteiger partial charge in [0.2, 0.25) is 0 Å². The van der Waals surface area contributed by atoms with Crippen molar-refractivity contribution in [3.63, 3.8) is 0 Å². The van der Waals surface area contributed by atoms with Crippen LogP contribution in [0.3, 0.4) is 0 Å². The maximum atomic E-state index is 2.40. The first kappa shape index (κ1) is 23.8. The molecule has 0 heteroatoms. The Bertz CT molecular complexity index is 1530. The fourth-order valence-corrected chi connectivity index (χ4v) is 5.47. The lowest BCUT2D eigenvalue weighted by Crippen LogP contribution is -2.14. The van der Waals surface area contributed by atoms with Crippen molar-refractivity contribution < 1.29 is 0 Å². The van der Waals surface area contributed by atoms with Crippen molar-refractivity contribution in [1.82, 2.24) is 0 Å². The van der Waals surface area contributed by atoms with Gasteiger partial charge in [-0.25, -0.2) is 0 Å². The average Bonchev–Trinajstić information content (AvgIpc) is 3.16. The predicted molar refractivity (Wildman–Crippen MR) is 156 cm³/mol. The van der Waals surface area contributed by atoms with Gasteiger partial charge in [0.05, 0.1) is 0 Å². The Morgan fingerprint density at radius 3 is 1.47 bits per heavy atom. The highest BCUT2D eigenvalue weighted by atomic mass is 14.4. The van der Waals surface area contributed by atoms with Crippen molar-refractivity contribution in [3.05, 3.63) is 132 Å². The number of benzene rings is 5. The summed E-state index contributed by atoms with van der Waals surface area (Å²) in [4.78, 5) is 0. The van der Waals surface area contributed by atoms with E-state index < -0.39 is 0 Å². The van der Waals surface area contributed by atoms with Crippen LogP contribution in [0.4, 0.5) is 0 Å². The van der Waals surface area contributed by atoms with Gasteiger partial charge in [-0.3, -0.25) is 0 Å². The highest BCUT2D eigenvalue weighted by Gasteiger charge is 2.35. The molecule has 5 aromatic carbocycles. The zero-order valence-electron chi connectivity index (χ0n) is 22.0. The molecule has 6 rings (SSSR count). The molecule has 0 N–H and O–H groups in total. The minimum Gasteiger partial charge on any atom is -0.0683 e. The molecule has 0 unspecified atom stereocenters. The first-order valence-electron chi connectivity index (χ1n) is 13.0. The second kappa shape index (κ2) is 9.63. The van der Waals surface area contributed by atoms with Crippen LogP contribution < -0.4 is 0 Å². The van der Waals surface area contributed by atoms with E-state index in [1.165, 1.54) is 61.2 Å². The van der Waals surface area contributed by atoms with Crippen LogP contribution in [0.15, 0.2) is 115 Å². The van der Waals surface area contributed by atoms with Gasteiger partial charge in [-0.2, -0.15) is 0 Å². The van der Waals surface area contributed by atoms with Crippen molar-refractivity contribution in [1.29, 1.82) is 0 Å². The number of hydrogen-bond acceptors (Lipinski definition) is 0. The van der Waals surface area contributed by atoms with Crippen LogP contribution in [-0.4, -0.2) is 0 Å². The highest BCUT2D eigenvalue weighted by Crippen LogP contribution is 2.49. The van der Waals surface area contributed by atoms with Gasteiger partial charge < -0.3 is 0 Å². The lowest BCUT2D eigenvalue weighted by Gasteiger charge is -2.22. The summed E-state index contributed by atoms with van der Waals surface area (Å²) in [5.74, 6) is 0. The molecule has 0 amide bonds. The standard InChI is InChI=1S/C34H28.C2H6/c1-23-9-6-10-24(19-23)25-11-7-12-26(20-25)27-13-8-14-28(21-27)29-17-18-31-30-15-4-5-16-32(30)34(2,3)33(31)22-29;1-2/h4-22H,1-3H3;1-2H3. The zero-order valence-corrected chi connectivity index (χ0v) is 22.0. The Balaban J connectivity index is 0.00000130. The summed E-state index contributed by atoms with van der Waals surface area (Å²) >= 11 is 0. The fraction of sp³-hybridized carbons (Fsp3) is 0.167. The first-order chi connectivity index (χ1) is 17.5. The molecule has 0 saturated carbocycles. The summed E-state index contributed by atoms with van der Waals surface area (Å²) in [5.41, 5.74) is 14.4. The summed E-state index contributed by atoms with van der Waals surface area (Å²) in [5, 5.41) is 0. The minimum absolute atomic E-state index is 0.0156. The molecule has 5 aromatic rings. The molecular formula is C36H34. The van der Waals surface area contributed by atoms with Gasteiger partial charge in [0.1, 0.15) is 0 Å². The molecule has 0 heterocycles. The number of fused-ring (bicyclic) bond motifs is 3. The highest BCUT2D eigenvalue weighted by molar-refractivity contribution is 5.84. The quantitative estimate of drug-likeness (QED) is 0.248.